The van der Waals surface area contributed by atoms with Gasteiger partial charge in [0.05, 0.1) is 13.2 Å². The van der Waals surface area contributed by atoms with Crippen molar-refractivity contribution in [2.75, 3.05) is 14.2 Å². The van der Waals surface area contributed by atoms with Gasteiger partial charge in [-0.1, -0.05) is 50.2 Å². The van der Waals surface area contributed by atoms with E-state index < -0.39 is 42.0 Å². The maximum absolute atomic E-state index is 13.4. The molecule has 0 fully saturated rings. The second-order valence-corrected chi connectivity index (χ2v) is 10.8. The smallest absolute Gasteiger partial charge is 0.328 e. The van der Waals surface area contributed by atoms with Crippen LogP contribution in [0.4, 0.5) is 0 Å². The highest BCUT2D eigenvalue weighted by atomic mass is 16.5. The first-order chi connectivity index (χ1) is 19.0. The zero-order chi connectivity index (χ0) is 29.4. The maximum Gasteiger partial charge on any atom is 0.328 e. The number of ether oxygens (including phenoxy) is 1. The summed E-state index contributed by atoms with van der Waals surface area (Å²) in [6.45, 7) is 5.97. The Morgan fingerprint density at radius 2 is 1.57 bits per heavy atom. The Morgan fingerprint density at radius 1 is 0.925 bits per heavy atom. The number of methoxy groups -OCH3 is 1. The van der Waals surface area contributed by atoms with E-state index in [2.05, 4.69) is 16.0 Å². The third-order valence-electron chi connectivity index (χ3n) is 7.06. The lowest BCUT2D eigenvalue weighted by Crippen LogP contribution is -2.58. The van der Waals surface area contributed by atoms with Gasteiger partial charge in [0.25, 0.3) is 0 Å². The molecular formula is C30H40N4O6. The van der Waals surface area contributed by atoms with E-state index in [0.717, 1.165) is 16.7 Å². The maximum atomic E-state index is 13.4. The molecule has 2 aromatic rings. The molecule has 1 heterocycles. The van der Waals surface area contributed by atoms with Gasteiger partial charge in [0.2, 0.25) is 17.7 Å². The molecule has 0 spiro atoms. The Morgan fingerprint density at radius 3 is 2.20 bits per heavy atom. The lowest BCUT2D eigenvalue weighted by atomic mass is 9.93. The van der Waals surface area contributed by atoms with Crippen LogP contribution in [0.1, 0.15) is 43.9 Å². The first kappa shape index (κ1) is 30.6. The number of fused-ring (bicyclic) bond motifs is 1. The molecule has 0 saturated carbocycles. The quantitative estimate of drug-likeness (QED) is 0.311. The summed E-state index contributed by atoms with van der Waals surface area (Å²) >= 11 is 0. The number of nitrogens with zero attached hydrogens (tertiary/aromatic N) is 1. The molecule has 0 saturated heterocycles. The molecule has 0 aromatic heterocycles. The van der Waals surface area contributed by atoms with Crippen LogP contribution in [0.5, 0.6) is 5.75 Å². The van der Waals surface area contributed by atoms with Crippen molar-refractivity contribution in [3.8, 4) is 5.75 Å². The van der Waals surface area contributed by atoms with E-state index >= 15 is 0 Å². The van der Waals surface area contributed by atoms with E-state index in [4.69, 9.17) is 4.74 Å². The third kappa shape index (κ3) is 8.29. The molecule has 1 aliphatic rings. The molecule has 0 bridgehead atoms. The predicted octanol–water partition coefficient (Wildman–Crippen LogP) is 1.68. The van der Waals surface area contributed by atoms with Gasteiger partial charge in [-0.05, 0) is 61.6 Å². The van der Waals surface area contributed by atoms with Crippen molar-refractivity contribution in [1.29, 1.82) is 0 Å². The van der Waals surface area contributed by atoms with Crippen LogP contribution in [0.15, 0.2) is 48.5 Å². The number of amides is 3. The molecule has 2 unspecified atom stereocenters. The average Bonchev–Trinajstić information content (AvgIpc) is 2.92. The molecule has 3 rings (SSSR count). The fourth-order valence-corrected chi connectivity index (χ4v) is 4.80. The Labute approximate surface area is 235 Å². The molecule has 216 valence electrons. The summed E-state index contributed by atoms with van der Waals surface area (Å²) in [6.07, 6.45) is 1.05. The van der Waals surface area contributed by atoms with Crippen LogP contribution in [0.2, 0.25) is 0 Å². The number of hydrogen-bond donors (Lipinski definition) is 4. The minimum atomic E-state index is -0.982. The van der Waals surface area contributed by atoms with E-state index in [1.165, 1.54) is 26.2 Å². The minimum Gasteiger partial charge on any atom is -0.508 e. The van der Waals surface area contributed by atoms with Crippen LogP contribution in [0.3, 0.4) is 0 Å². The largest absolute Gasteiger partial charge is 0.508 e. The van der Waals surface area contributed by atoms with E-state index in [0.29, 0.717) is 19.4 Å². The predicted molar refractivity (Wildman–Crippen MR) is 150 cm³/mol. The summed E-state index contributed by atoms with van der Waals surface area (Å²) in [5.41, 5.74) is 2.97. The van der Waals surface area contributed by atoms with Crippen LogP contribution < -0.4 is 16.0 Å². The first-order valence-corrected chi connectivity index (χ1v) is 13.5. The number of phenols is 1. The van der Waals surface area contributed by atoms with Crippen molar-refractivity contribution >= 4 is 23.7 Å². The number of nitrogens with one attached hydrogen (secondary N) is 3. The van der Waals surface area contributed by atoms with Gasteiger partial charge in [0.1, 0.15) is 23.9 Å². The summed E-state index contributed by atoms with van der Waals surface area (Å²) in [6, 6.07) is 11.1. The zero-order valence-electron chi connectivity index (χ0n) is 23.8. The van der Waals surface area contributed by atoms with Gasteiger partial charge < -0.3 is 25.8 Å². The monoisotopic (exact) mass is 552 g/mol. The number of likely N-dealkylation sites (N-methyl/N-ethyl adjacent to an activating group) is 1. The zero-order valence-corrected chi connectivity index (χ0v) is 23.8. The summed E-state index contributed by atoms with van der Waals surface area (Å²) in [5, 5.41) is 17.9. The number of carbonyl (C=O) groups excluding carboxylic acids is 4. The van der Waals surface area contributed by atoms with Crippen LogP contribution >= 0.6 is 0 Å². The van der Waals surface area contributed by atoms with Gasteiger partial charge in [0.15, 0.2) is 0 Å². The van der Waals surface area contributed by atoms with Crippen LogP contribution in [-0.4, -0.2) is 72.0 Å². The van der Waals surface area contributed by atoms with Crippen LogP contribution in [-0.2, 0) is 43.3 Å². The summed E-state index contributed by atoms with van der Waals surface area (Å²) < 4.78 is 4.81. The highest BCUT2D eigenvalue weighted by molar-refractivity contribution is 5.94. The number of hydrogen-bond acceptors (Lipinski definition) is 7. The van der Waals surface area contributed by atoms with Gasteiger partial charge in [-0.3, -0.25) is 19.3 Å². The van der Waals surface area contributed by atoms with Crippen molar-refractivity contribution < 1.29 is 29.0 Å². The standard InChI is InChI=1S/C30H40N4O6/c1-18(2)14-25(30(39)40-5)33-27(36)19(3)31-28(37)24(15-20-10-12-23(35)13-11-20)32-29(38)26-16-21-8-6-7-9-22(21)17-34(26)4/h6-13,18-19,24-26,35H,14-17H2,1-5H3,(H,31,37)(H,32,38)(H,33,36)/t19?,24-,25-,26?/m0/s1. The summed E-state index contributed by atoms with van der Waals surface area (Å²) in [5.74, 6) is -1.72. The number of phenolic OH excluding ortho intramolecular Hbond substituents is 1. The van der Waals surface area contributed by atoms with E-state index in [1.807, 2.05) is 50.1 Å². The van der Waals surface area contributed by atoms with Crippen molar-refractivity contribution in [3.05, 3.63) is 65.2 Å². The highest BCUT2D eigenvalue weighted by Gasteiger charge is 2.33. The highest BCUT2D eigenvalue weighted by Crippen LogP contribution is 2.22. The molecule has 2 aromatic carbocycles. The van der Waals surface area contributed by atoms with Gasteiger partial charge in [-0.15, -0.1) is 0 Å². The molecule has 4 N–H and O–H groups in total. The molecule has 40 heavy (non-hydrogen) atoms. The fourth-order valence-electron chi connectivity index (χ4n) is 4.80. The SMILES string of the molecule is COC(=O)[C@H](CC(C)C)NC(=O)C(C)NC(=O)[C@H](Cc1ccc(O)cc1)NC(=O)C1Cc2ccccc2CN1C. The summed E-state index contributed by atoms with van der Waals surface area (Å²) in [4.78, 5) is 53.8. The molecule has 10 heteroatoms. The second kappa shape index (κ2) is 13.9. The molecule has 4 atom stereocenters. The van der Waals surface area contributed by atoms with Gasteiger partial charge in [0, 0.05) is 13.0 Å². The lowest BCUT2D eigenvalue weighted by Gasteiger charge is -2.34. The number of esters is 1. The van der Waals surface area contributed by atoms with Gasteiger partial charge in [-0.2, -0.15) is 0 Å². The minimum absolute atomic E-state index is 0.0862. The molecule has 10 nitrogen and oxygen atoms in total. The van der Waals surface area contributed by atoms with E-state index in [1.54, 1.807) is 12.1 Å². The fraction of sp³-hybridized carbons (Fsp3) is 0.467. The van der Waals surface area contributed by atoms with Crippen molar-refractivity contribution in [3.63, 3.8) is 0 Å². The van der Waals surface area contributed by atoms with E-state index in [9.17, 15) is 24.3 Å². The molecule has 3 amide bonds. The van der Waals surface area contributed by atoms with Crippen molar-refractivity contribution in [1.82, 2.24) is 20.9 Å². The van der Waals surface area contributed by atoms with Gasteiger partial charge >= 0.3 is 5.97 Å². The molecule has 0 radical (unpaired) electrons. The van der Waals surface area contributed by atoms with Crippen molar-refractivity contribution in [2.45, 2.75) is 70.7 Å². The topological polar surface area (TPSA) is 137 Å². The number of benzene rings is 2. The lowest BCUT2D eigenvalue weighted by molar-refractivity contribution is -0.145. The Balaban J connectivity index is 1.73. The summed E-state index contributed by atoms with van der Waals surface area (Å²) in [7, 11) is 3.13. The first-order valence-electron chi connectivity index (χ1n) is 13.5. The van der Waals surface area contributed by atoms with Crippen LogP contribution in [0, 0.1) is 5.92 Å². The third-order valence-corrected chi connectivity index (χ3v) is 7.06. The Bertz CT molecular complexity index is 1200. The average molecular weight is 553 g/mol. The number of rotatable bonds is 11. The van der Waals surface area contributed by atoms with Crippen LogP contribution in [0.25, 0.3) is 0 Å². The molecule has 1 aliphatic heterocycles. The van der Waals surface area contributed by atoms with Crippen molar-refractivity contribution in [2.24, 2.45) is 5.92 Å². The normalized spacial score (nSPS) is 17.2. The molecular weight excluding hydrogens is 512 g/mol. The number of aromatic hydroxyl groups is 1. The Kier molecular flexibility index (Phi) is 10.7. The number of carbonyl (C=O) groups is 4. The van der Waals surface area contributed by atoms with Gasteiger partial charge in [-0.25, -0.2) is 4.79 Å². The van der Waals surface area contributed by atoms with E-state index in [-0.39, 0.29) is 24.0 Å². The second-order valence-electron chi connectivity index (χ2n) is 10.8. The Hall–Kier alpha value is -3.92. The molecule has 0 aliphatic carbocycles.